The van der Waals surface area contributed by atoms with Crippen molar-refractivity contribution in [3.8, 4) is 0 Å². The number of amides is 1. The van der Waals surface area contributed by atoms with Gasteiger partial charge in [-0.1, -0.05) is 42.2 Å². The van der Waals surface area contributed by atoms with Crippen LogP contribution in [0.4, 0.5) is 5.13 Å². The molecular formula is C16H17N5OS2. The lowest BCUT2D eigenvalue weighted by Crippen LogP contribution is -2.11. The molecule has 8 heteroatoms. The van der Waals surface area contributed by atoms with E-state index < -0.39 is 0 Å². The molecule has 0 aliphatic heterocycles. The molecule has 3 rings (SSSR count). The average molecular weight is 359 g/mol. The number of carbonyl (C=O) groups excluding carboxylic acids is 1. The fourth-order valence-corrected chi connectivity index (χ4v) is 3.70. The highest BCUT2D eigenvalue weighted by Gasteiger charge is 2.10. The van der Waals surface area contributed by atoms with Crippen LogP contribution >= 0.6 is 23.1 Å². The van der Waals surface area contributed by atoms with E-state index >= 15 is 0 Å². The zero-order valence-electron chi connectivity index (χ0n) is 13.2. The molecule has 1 amide bonds. The van der Waals surface area contributed by atoms with E-state index in [1.165, 1.54) is 11.3 Å². The van der Waals surface area contributed by atoms with Crippen LogP contribution in [0.15, 0.2) is 47.3 Å². The largest absolute Gasteiger partial charge is 0.333 e. The molecule has 3 aromatic rings. The molecule has 2 aromatic heterocycles. The van der Waals surface area contributed by atoms with Crippen LogP contribution in [-0.2, 0) is 6.54 Å². The van der Waals surface area contributed by atoms with Crippen molar-refractivity contribution in [2.24, 2.45) is 0 Å². The molecule has 6 nitrogen and oxygen atoms in total. The first-order valence-electron chi connectivity index (χ1n) is 7.57. The number of rotatable bonds is 7. The summed E-state index contributed by atoms with van der Waals surface area (Å²) in [5.41, 5.74) is 1.71. The van der Waals surface area contributed by atoms with E-state index in [9.17, 15) is 4.79 Å². The van der Waals surface area contributed by atoms with Gasteiger partial charge in [-0.05, 0) is 24.1 Å². The lowest BCUT2D eigenvalue weighted by Gasteiger charge is -2.05. The fourth-order valence-electron chi connectivity index (χ4n) is 2.03. The highest BCUT2D eigenvalue weighted by atomic mass is 32.2. The van der Waals surface area contributed by atoms with Crippen molar-refractivity contribution < 1.29 is 4.79 Å². The SMILES string of the molecule is CCCSc1nnc(NC(=O)c2ccc(Cn3ccnc3)cc2)s1. The lowest BCUT2D eigenvalue weighted by molar-refractivity contribution is 0.102. The van der Waals surface area contributed by atoms with E-state index in [1.54, 1.807) is 24.3 Å². The van der Waals surface area contributed by atoms with Gasteiger partial charge in [-0.25, -0.2) is 4.98 Å². The van der Waals surface area contributed by atoms with Crippen LogP contribution in [0.2, 0.25) is 0 Å². The first kappa shape index (κ1) is 16.7. The van der Waals surface area contributed by atoms with Gasteiger partial charge in [-0.15, -0.1) is 10.2 Å². The highest BCUT2D eigenvalue weighted by molar-refractivity contribution is 8.01. The number of nitrogens with one attached hydrogen (secondary N) is 1. The summed E-state index contributed by atoms with van der Waals surface area (Å²) in [5, 5.41) is 11.4. The van der Waals surface area contributed by atoms with Gasteiger partial charge in [0.25, 0.3) is 5.91 Å². The number of anilines is 1. The number of thioether (sulfide) groups is 1. The van der Waals surface area contributed by atoms with Gasteiger partial charge in [-0.3, -0.25) is 10.1 Å². The molecule has 24 heavy (non-hydrogen) atoms. The summed E-state index contributed by atoms with van der Waals surface area (Å²) >= 11 is 3.05. The Balaban J connectivity index is 1.59. The van der Waals surface area contributed by atoms with Crippen molar-refractivity contribution in [3.63, 3.8) is 0 Å². The van der Waals surface area contributed by atoms with Gasteiger partial charge < -0.3 is 4.57 Å². The Hall–Kier alpha value is -2.19. The van der Waals surface area contributed by atoms with Crippen molar-refractivity contribution in [3.05, 3.63) is 54.1 Å². The van der Waals surface area contributed by atoms with Crippen molar-refractivity contribution in [2.75, 3.05) is 11.1 Å². The van der Waals surface area contributed by atoms with Gasteiger partial charge in [-0.2, -0.15) is 0 Å². The van der Waals surface area contributed by atoms with E-state index in [2.05, 4.69) is 27.4 Å². The third-order valence-corrected chi connectivity index (χ3v) is 5.37. The first-order chi connectivity index (χ1) is 11.7. The van der Waals surface area contributed by atoms with Crippen LogP contribution < -0.4 is 5.32 Å². The first-order valence-corrected chi connectivity index (χ1v) is 9.37. The monoisotopic (exact) mass is 359 g/mol. The van der Waals surface area contributed by atoms with Crippen LogP contribution in [0.1, 0.15) is 29.3 Å². The summed E-state index contributed by atoms with van der Waals surface area (Å²) < 4.78 is 2.86. The molecule has 1 N–H and O–H groups in total. The molecule has 0 unspecified atom stereocenters. The summed E-state index contributed by atoms with van der Waals surface area (Å²) in [6, 6.07) is 7.51. The third-order valence-electron chi connectivity index (χ3n) is 3.20. The number of carbonyl (C=O) groups is 1. The van der Waals surface area contributed by atoms with Crippen molar-refractivity contribution >= 4 is 34.1 Å². The van der Waals surface area contributed by atoms with Crippen LogP contribution in [0.25, 0.3) is 0 Å². The van der Waals surface area contributed by atoms with E-state index in [1.807, 2.05) is 35.0 Å². The molecule has 1 aromatic carbocycles. The van der Waals surface area contributed by atoms with E-state index in [-0.39, 0.29) is 5.91 Å². The molecule has 124 valence electrons. The van der Waals surface area contributed by atoms with Crippen LogP contribution in [0.3, 0.4) is 0 Å². The Morgan fingerprint density at radius 1 is 1.29 bits per heavy atom. The molecule has 0 spiro atoms. The maximum Gasteiger partial charge on any atom is 0.257 e. The van der Waals surface area contributed by atoms with Crippen molar-refractivity contribution in [2.45, 2.75) is 24.2 Å². The van der Waals surface area contributed by atoms with Crippen molar-refractivity contribution in [1.82, 2.24) is 19.7 Å². The lowest BCUT2D eigenvalue weighted by atomic mass is 10.1. The normalized spacial score (nSPS) is 10.7. The Kier molecular flexibility index (Phi) is 5.60. The van der Waals surface area contributed by atoms with Gasteiger partial charge in [0.1, 0.15) is 0 Å². The Bertz CT molecular complexity index is 783. The summed E-state index contributed by atoms with van der Waals surface area (Å²) in [4.78, 5) is 16.3. The second-order valence-corrected chi connectivity index (χ2v) is 7.43. The van der Waals surface area contributed by atoms with E-state index in [0.717, 1.165) is 28.6 Å². The average Bonchev–Trinajstić information content (AvgIpc) is 3.25. The maximum atomic E-state index is 12.3. The molecular weight excluding hydrogens is 342 g/mol. The Morgan fingerprint density at radius 2 is 2.12 bits per heavy atom. The van der Waals surface area contributed by atoms with Gasteiger partial charge in [0, 0.05) is 30.3 Å². The number of hydrogen-bond donors (Lipinski definition) is 1. The molecule has 2 heterocycles. The third kappa shape index (κ3) is 4.42. The minimum atomic E-state index is -0.174. The zero-order chi connectivity index (χ0) is 16.8. The molecule has 0 bridgehead atoms. The zero-order valence-corrected chi connectivity index (χ0v) is 14.8. The second-order valence-electron chi connectivity index (χ2n) is 5.11. The summed E-state index contributed by atoms with van der Waals surface area (Å²) in [5.74, 6) is 0.827. The standard InChI is InChI=1S/C16H17N5OS2/c1-2-9-23-16-20-19-15(24-16)18-14(22)13-5-3-12(4-6-13)10-21-8-7-17-11-21/h3-8,11H,2,9-10H2,1H3,(H,18,19,22). The smallest absolute Gasteiger partial charge is 0.257 e. The predicted molar refractivity (Wildman–Crippen MR) is 96.6 cm³/mol. The number of hydrogen-bond acceptors (Lipinski definition) is 6. The van der Waals surface area contributed by atoms with E-state index in [0.29, 0.717) is 10.7 Å². The van der Waals surface area contributed by atoms with Crippen molar-refractivity contribution in [1.29, 1.82) is 0 Å². The van der Waals surface area contributed by atoms with Gasteiger partial charge in [0.2, 0.25) is 5.13 Å². The number of benzene rings is 1. The summed E-state index contributed by atoms with van der Waals surface area (Å²) in [6.07, 6.45) is 6.50. The number of imidazole rings is 1. The molecule has 0 aliphatic rings. The summed E-state index contributed by atoms with van der Waals surface area (Å²) in [7, 11) is 0. The summed E-state index contributed by atoms with van der Waals surface area (Å²) in [6.45, 7) is 2.85. The van der Waals surface area contributed by atoms with Gasteiger partial charge >= 0.3 is 0 Å². The fraction of sp³-hybridized carbons (Fsp3) is 0.250. The van der Waals surface area contributed by atoms with Crippen LogP contribution in [0.5, 0.6) is 0 Å². The number of aromatic nitrogens is 4. The minimum Gasteiger partial charge on any atom is -0.333 e. The Labute approximate surface area is 148 Å². The predicted octanol–water partition coefficient (Wildman–Crippen LogP) is 3.54. The maximum absolute atomic E-state index is 12.3. The van der Waals surface area contributed by atoms with Crippen LogP contribution in [-0.4, -0.2) is 31.4 Å². The molecule has 0 fully saturated rings. The van der Waals surface area contributed by atoms with Gasteiger partial charge in [0.15, 0.2) is 4.34 Å². The van der Waals surface area contributed by atoms with Crippen LogP contribution in [0, 0.1) is 0 Å². The molecule has 0 aliphatic carbocycles. The second kappa shape index (κ2) is 8.07. The van der Waals surface area contributed by atoms with Gasteiger partial charge in [0.05, 0.1) is 6.33 Å². The quantitative estimate of drug-likeness (QED) is 0.516. The number of nitrogens with zero attached hydrogens (tertiary/aromatic N) is 4. The highest BCUT2D eigenvalue weighted by Crippen LogP contribution is 2.26. The molecule has 0 saturated carbocycles. The minimum absolute atomic E-state index is 0.174. The molecule has 0 saturated heterocycles. The molecule has 0 atom stereocenters. The van der Waals surface area contributed by atoms with E-state index in [4.69, 9.17) is 0 Å². The topological polar surface area (TPSA) is 72.7 Å². The molecule has 0 radical (unpaired) electrons. The Morgan fingerprint density at radius 3 is 2.83 bits per heavy atom.